The summed E-state index contributed by atoms with van der Waals surface area (Å²) in [5.74, 6) is 2.07. The van der Waals surface area contributed by atoms with Crippen LogP contribution in [-0.2, 0) is 0 Å². The quantitative estimate of drug-likeness (QED) is 0.863. The number of nitrogens with one attached hydrogen (secondary N) is 1. The van der Waals surface area contributed by atoms with Crippen molar-refractivity contribution in [3.63, 3.8) is 0 Å². The van der Waals surface area contributed by atoms with E-state index in [2.05, 4.69) is 37.3 Å². The monoisotopic (exact) mass is 328 g/mol. The summed E-state index contributed by atoms with van der Waals surface area (Å²) in [6, 6.07) is 9.80. The van der Waals surface area contributed by atoms with E-state index < -0.39 is 0 Å². The zero-order valence-corrected chi connectivity index (χ0v) is 12.6. The predicted molar refractivity (Wildman–Crippen MR) is 80.9 cm³/mol. The minimum absolute atomic E-state index is 0.487. The van der Waals surface area contributed by atoms with Gasteiger partial charge in [-0.2, -0.15) is 5.26 Å². The van der Waals surface area contributed by atoms with Gasteiger partial charge in [-0.3, -0.25) is 0 Å². The van der Waals surface area contributed by atoms with Crippen molar-refractivity contribution < 1.29 is 0 Å². The Hall–Kier alpha value is -1.93. The van der Waals surface area contributed by atoms with Crippen molar-refractivity contribution >= 4 is 27.4 Å². The molecule has 0 saturated heterocycles. The molecule has 2 aromatic rings. The van der Waals surface area contributed by atoms with Gasteiger partial charge in [-0.25, -0.2) is 9.97 Å². The van der Waals surface area contributed by atoms with Gasteiger partial charge in [-0.15, -0.1) is 0 Å². The third-order valence-electron chi connectivity index (χ3n) is 3.30. The molecule has 0 atom stereocenters. The second-order valence-corrected chi connectivity index (χ2v) is 5.76. The summed E-state index contributed by atoms with van der Waals surface area (Å²) in [4.78, 5) is 8.93. The molecule has 0 radical (unpaired) electrons. The molecule has 5 heteroatoms. The maximum Gasteiger partial charge on any atom is 0.135 e. The molecular formula is C15H13BrN4. The van der Waals surface area contributed by atoms with Crippen LogP contribution in [0, 0.1) is 18.3 Å². The minimum atomic E-state index is 0.487. The van der Waals surface area contributed by atoms with Crippen molar-refractivity contribution in [3.05, 3.63) is 45.8 Å². The topological polar surface area (TPSA) is 61.6 Å². The van der Waals surface area contributed by atoms with E-state index in [1.54, 1.807) is 0 Å². The molecule has 100 valence electrons. The van der Waals surface area contributed by atoms with Crippen molar-refractivity contribution in [2.24, 2.45) is 0 Å². The molecule has 1 heterocycles. The van der Waals surface area contributed by atoms with Crippen molar-refractivity contribution in [1.29, 1.82) is 5.26 Å². The van der Waals surface area contributed by atoms with E-state index in [-0.39, 0.29) is 0 Å². The summed E-state index contributed by atoms with van der Waals surface area (Å²) in [5, 5.41) is 12.5. The third kappa shape index (κ3) is 2.66. The van der Waals surface area contributed by atoms with E-state index in [4.69, 9.17) is 0 Å². The second-order valence-electron chi connectivity index (χ2n) is 4.94. The number of aryl methyl sites for hydroxylation is 1. The van der Waals surface area contributed by atoms with E-state index >= 15 is 0 Å². The van der Waals surface area contributed by atoms with Crippen molar-refractivity contribution in [2.45, 2.75) is 25.7 Å². The number of rotatable bonds is 3. The Kier molecular flexibility index (Phi) is 3.41. The van der Waals surface area contributed by atoms with Crippen LogP contribution in [-0.4, -0.2) is 9.97 Å². The molecule has 0 aliphatic heterocycles. The van der Waals surface area contributed by atoms with Gasteiger partial charge in [0.2, 0.25) is 0 Å². The van der Waals surface area contributed by atoms with Gasteiger partial charge in [0.05, 0.1) is 11.3 Å². The summed E-state index contributed by atoms with van der Waals surface area (Å²) in [6.07, 6.45) is 2.31. The number of nitrogens with zero attached hydrogens (tertiary/aromatic N) is 3. The molecule has 1 aliphatic rings. The van der Waals surface area contributed by atoms with E-state index in [9.17, 15) is 5.26 Å². The zero-order valence-electron chi connectivity index (χ0n) is 11.0. The van der Waals surface area contributed by atoms with Crippen LogP contribution >= 0.6 is 15.9 Å². The molecule has 1 fully saturated rings. The van der Waals surface area contributed by atoms with Gasteiger partial charge in [0.25, 0.3) is 0 Å². The number of hydrogen-bond donors (Lipinski definition) is 1. The van der Waals surface area contributed by atoms with E-state index in [0.29, 0.717) is 11.5 Å². The van der Waals surface area contributed by atoms with Crippen molar-refractivity contribution in [3.8, 4) is 6.07 Å². The Morgan fingerprint density at radius 1 is 1.35 bits per heavy atom. The lowest BCUT2D eigenvalue weighted by Gasteiger charge is -2.10. The fourth-order valence-corrected chi connectivity index (χ4v) is 2.48. The van der Waals surface area contributed by atoms with Crippen LogP contribution in [0.3, 0.4) is 0 Å². The molecule has 0 bridgehead atoms. The number of hydrogen-bond acceptors (Lipinski definition) is 4. The van der Waals surface area contributed by atoms with E-state index in [1.807, 2.05) is 31.2 Å². The van der Waals surface area contributed by atoms with Crippen LogP contribution in [0.15, 0.2) is 28.9 Å². The first-order chi connectivity index (χ1) is 9.67. The van der Waals surface area contributed by atoms with Gasteiger partial charge in [0.1, 0.15) is 22.3 Å². The molecule has 1 aromatic carbocycles. The van der Waals surface area contributed by atoms with Crippen LogP contribution in [0.2, 0.25) is 0 Å². The van der Waals surface area contributed by atoms with Gasteiger partial charge in [-0.1, -0.05) is 12.1 Å². The summed E-state index contributed by atoms with van der Waals surface area (Å²) in [6.45, 7) is 1.93. The molecule has 1 N–H and O–H groups in total. The fourth-order valence-electron chi connectivity index (χ4n) is 2.08. The van der Waals surface area contributed by atoms with Gasteiger partial charge < -0.3 is 5.32 Å². The molecule has 0 unspecified atom stereocenters. The first-order valence-corrected chi connectivity index (χ1v) is 7.28. The zero-order chi connectivity index (χ0) is 14.1. The maximum atomic E-state index is 9.25. The molecular weight excluding hydrogens is 316 g/mol. The highest BCUT2D eigenvalue weighted by molar-refractivity contribution is 9.10. The first-order valence-electron chi connectivity index (χ1n) is 6.48. The number of nitriles is 1. The largest absolute Gasteiger partial charge is 0.339 e. The fraction of sp³-hybridized carbons (Fsp3) is 0.267. The number of anilines is 2. The Labute approximate surface area is 126 Å². The summed E-state index contributed by atoms with van der Waals surface area (Å²) < 4.78 is 0.767. The normalized spacial score (nSPS) is 13.8. The Balaban J connectivity index is 1.95. The van der Waals surface area contributed by atoms with Crippen LogP contribution < -0.4 is 5.32 Å². The average Bonchev–Trinajstić information content (AvgIpc) is 3.22. The Bertz CT molecular complexity index is 702. The Morgan fingerprint density at radius 3 is 2.85 bits per heavy atom. The summed E-state index contributed by atoms with van der Waals surface area (Å²) >= 11 is 3.42. The van der Waals surface area contributed by atoms with Crippen LogP contribution in [0.25, 0.3) is 0 Å². The lowest BCUT2D eigenvalue weighted by atomic mass is 10.1. The van der Waals surface area contributed by atoms with Gasteiger partial charge in [0, 0.05) is 12.0 Å². The first kappa shape index (κ1) is 13.1. The molecule has 3 rings (SSSR count). The van der Waals surface area contributed by atoms with Crippen molar-refractivity contribution in [2.75, 3.05) is 5.32 Å². The molecule has 1 saturated carbocycles. The summed E-state index contributed by atoms with van der Waals surface area (Å²) in [7, 11) is 0. The highest BCUT2D eigenvalue weighted by Gasteiger charge is 2.27. The molecule has 1 aliphatic carbocycles. The predicted octanol–water partition coefficient (Wildman–Crippen LogP) is 4.04. The third-order valence-corrected chi connectivity index (χ3v) is 3.71. The minimum Gasteiger partial charge on any atom is -0.339 e. The van der Waals surface area contributed by atoms with E-state index in [0.717, 1.165) is 40.3 Å². The lowest BCUT2D eigenvalue weighted by Crippen LogP contribution is -2.01. The molecule has 0 amide bonds. The Morgan fingerprint density at radius 2 is 2.15 bits per heavy atom. The van der Waals surface area contributed by atoms with Gasteiger partial charge >= 0.3 is 0 Å². The number of halogens is 1. The highest BCUT2D eigenvalue weighted by atomic mass is 79.9. The molecule has 0 spiro atoms. The van der Waals surface area contributed by atoms with Crippen molar-refractivity contribution in [1.82, 2.24) is 9.97 Å². The molecule has 4 nitrogen and oxygen atoms in total. The smallest absolute Gasteiger partial charge is 0.135 e. The second kappa shape index (κ2) is 5.22. The highest BCUT2D eigenvalue weighted by Crippen LogP contribution is 2.39. The molecule has 1 aromatic heterocycles. The van der Waals surface area contributed by atoms with Crippen LogP contribution in [0.4, 0.5) is 11.5 Å². The summed E-state index contributed by atoms with van der Waals surface area (Å²) in [5.41, 5.74) is 2.38. The lowest BCUT2D eigenvalue weighted by molar-refractivity contribution is 0.919. The standard InChI is InChI=1S/C15H13BrN4/c1-9-3-2-4-12(11(9)8-17)18-14-7-13(16)19-15(20-14)10-5-6-10/h2-4,7,10H,5-6H2,1H3,(H,18,19,20). The number of benzene rings is 1. The number of aromatic nitrogens is 2. The average molecular weight is 329 g/mol. The van der Waals surface area contributed by atoms with E-state index in [1.165, 1.54) is 0 Å². The van der Waals surface area contributed by atoms with Gasteiger partial charge in [-0.05, 0) is 47.3 Å². The van der Waals surface area contributed by atoms with Gasteiger partial charge in [0.15, 0.2) is 0 Å². The van der Waals surface area contributed by atoms with Crippen LogP contribution in [0.5, 0.6) is 0 Å². The van der Waals surface area contributed by atoms with Crippen LogP contribution in [0.1, 0.15) is 35.7 Å². The molecule has 20 heavy (non-hydrogen) atoms. The SMILES string of the molecule is Cc1cccc(Nc2cc(Br)nc(C3CC3)n2)c1C#N. The maximum absolute atomic E-state index is 9.25.